The highest BCUT2D eigenvalue weighted by atomic mass is 16.5. The van der Waals surface area contributed by atoms with Gasteiger partial charge in [-0.05, 0) is 44.4 Å². The SMILES string of the molecule is CCCOC1CCCC1(C(=O)OC)C1CCCC1. The summed E-state index contributed by atoms with van der Waals surface area (Å²) in [5, 5.41) is 0. The molecule has 0 spiro atoms. The van der Waals surface area contributed by atoms with Gasteiger partial charge in [-0.1, -0.05) is 19.8 Å². The van der Waals surface area contributed by atoms with E-state index in [1.807, 2.05) is 0 Å². The van der Waals surface area contributed by atoms with Crippen molar-refractivity contribution in [1.29, 1.82) is 0 Å². The van der Waals surface area contributed by atoms with Crippen molar-refractivity contribution in [3.05, 3.63) is 0 Å². The third-order valence-corrected chi connectivity index (χ3v) is 4.80. The van der Waals surface area contributed by atoms with Crippen LogP contribution in [0.5, 0.6) is 0 Å². The number of ether oxygens (including phenoxy) is 2. The first-order valence-corrected chi connectivity index (χ1v) is 7.45. The Morgan fingerprint density at radius 3 is 2.56 bits per heavy atom. The molecule has 0 saturated heterocycles. The molecule has 2 fully saturated rings. The fourth-order valence-corrected chi connectivity index (χ4v) is 3.99. The highest BCUT2D eigenvalue weighted by molar-refractivity contribution is 5.78. The topological polar surface area (TPSA) is 35.5 Å². The molecule has 2 aliphatic rings. The van der Waals surface area contributed by atoms with Gasteiger partial charge < -0.3 is 9.47 Å². The largest absolute Gasteiger partial charge is 0.469 e. The molecule has 2 saturated carbocycles. The van der Waals surface area contributed by atoms with Crippen molar-refractivity contribution >= 4 is 5.97 Å². The lowest BCUT2D eigenvalue weighted by Gasteiger charge is -2.37. The van der Waals surface area contributed by atoms with Gasteiger partial charge in [-0.3, -0.25) is 4.79 Å². The van der Waals surface area contributed by atoms with Crippen molar-refractivity contribution in [3.8, 4) is 0 Å². The van der Waals surface area contributed by atoms with Crippen LogP contribution in [-0.2, 0) is 14.3 Å². The van der Waals surface area contributed by atoms with Gasteiger partial charge in [-0.2, -0.15) is 0 Å². The number of methoxy groups -OCH3 is 1. The van der Waals surface area contributed by atoms with Crippen molar-refractivity contribution in [2.24, 2.45) is 11.3 Å². The number of rotatable bonds is 5. The molecule has 0 aliphatic heterocycles. The summed E-state index contributed by atoms with van der Waals surface area (Å²) < 4.78 is 11.1. The predicted octanol–water partition coefficient (Wildman–Crippen LogP) is 3.32. The Bertz CT molecular complexity index is 283. The maximum absolute atomic E-state index is 12.4. The predicted molar refractivity (Wildman–Crippen MR) is 70.3 cm³/mol. The van der Waals surface area contributed by atoms with E-state index in [1.54, 1.807) is 0 Å². The number of carbonyl (C=O) groups is 1. The van der Waals surface area contributed by atoms with Gasteiger partial charge in [0.1, 0.15) is 0 Å². The van der Waals surface area contributed by atoms with Crippen LogP contribution < -0.4 is 0 Å². The Morgan fingerprint density at radius 2 is 1.94 bits per heavy atom. The van der Waals surface area contributed by atoms with E-state index in [-0.39, 0.29) is 17.5 Å². The number of esters is 1. The molecule has 0 heterocycles. The van der Waals surface area contributed by atoms with Gasteiger partial charge in [0.15, 0.2) is 0 Å². The molecular weight excluding hydrogens is 228 g/mol. The highest BCUT2D eigenvalue weighted by Crippen LogP contribution is 2.52. The maximum Gasteiger partial charge on any atom is 0.314 e. The van der Waals surface area contributed by atoms with E-state index in [0.29, 0.717) is 5.92 Å². The monoisotopic (exact) mass is 254 g/mol. The van der Waals surface area contributed by atoms with Gasteiger partial charge in [-0.15, -0.1) is 0 Å². The van der Waals surface area contributed by atoms with Crippen LogP contribution in [0.25, 0.3) is 0 Å². The molecule has 0 radical (unpaired) electrons. The van der Waals surface area contributed by atoms with Crippen LogP contribution in [0.4, 0.5) is 0 Å². The molecule has 18 heavy (non-hydrogen) atoms. The zero-order valence-electron chi connectivity index (χ0n) is 11.7. The second kappa shape index (κ2) is 6.05. The van der Waals surface area contributed by atoms with Gasteiger partial charge in [0.2, 0.25) is 0 Å². The molecule has 0 bridgehead atoms. The van der Waals surface area contributed by atoms with Crippen LogP contribution in [-0.4, -0.2) is 25.8 Å². The van der Waals surface area contributed by atoms with E-state index in [2.05, 4.69) is 6.92 Å². The normalized spacial score (nSPS) is 32.9. The van der Waals surface area contributed by atoms with Gasteiger partial charge >= 0.3 is 5.97 Å². The Balaban J connectivity index is 2.19. The van der Waals surface area contributed by atoms with E-state index in [9.17, 15) is 4.79 Å². The van der Waals surface area contributed by atoms with Crippen molar-refractivity contribution in [2.45, 2.75) is 64.4 Å². The van der Waals surface area contributed by atoms with Crippen molar-refractivity contribution < 1.29 is 14.3 Å². The second-order valence-electron chi connectivity index (χ2n) is 5.76. The molecular formula is C15H26O3. The zero-order valence-corrected chi connectivity index (χ0v) is 11.7. The maximum atomic E-state index is 12.4. The summed E-state index contributed by atoms with van der Waals surface area (Å²) in [6, 6.07) is 0. The van der Waals surface area contributed by atoms with Crippen molar-refractivity contribution in [2.75, 3.05) is 13.7 Å². The van der Waals surface area contributed by atoms with E-state index < -0.39 is 0 Å². The molecule has 2 atom stereocenters. The van der Waals surface area contributed by atoms with Gasteiger partial charge in [0.05, 0.1) is 18.6 Å². The summed E-state index contributed by atoms with van der Waals surface area (Å²) in [5.74, 6) is 0.460. The minimum Gasteiger partial charge on any atom is -0.469 e. The zero-order chi connectivity index (χ0) is 13.0. The molecule has 2 rings (SSSR count). The Morgan fingerprint density at radius 1 is 1.22 bits per heavy atom. The van der Waals surface area contributed by atoms with E-state index in [4.69, 9.17) is 9.47 Å². The summed E-state index contributed by atoms with van der Waals surface area (Å²) in [6.07, 6.45) is 9.02. The first-order valence-electron chi connectivity index (χ1n) is 7.45. The standard InChI is InChI=1S/C15H26O3/c1-3-11-18-13-9-6-10-15(13,14(16)17-2)12-7-4-5-8-12/h12-13H,3-11H2,1-2H3. The van der Waals surface area contributed by atoms with Crippen LogP contribution in [0.1, 0.15) is 58.3 Å². The Kier molecular flexibility index (Phi) is 4.66. The summed E-state index contributed by atoms with van der Waals surface area (Å²) >= 11 is 0. The average Bonchev–Trinajstić information content (AvgIpc) is 3.04. The van der Waals surface area contributed by atoms with Crippen molar-refractivity contribution in [3.63, 3.8) is 0 Å². The molecule has 104 valence electrons. The lowest BCUT2D eigenvalue weighted by atomic mass is 9.71. The third kappa shape index (κ3) is 2.29. The van der Waals surface area contributed by atoms with Crippen LogP contribution >= 0.6 is 0 Å². The van der Waals surface area contributed by atoms with Crippen LogP contribution in [0, 0.1) is 11.3 Å². The third-order valence-electron chi connectivity index (χ3n) is 4.80. The van der Waals surface area contributed by atoms with Crippen LogP contribution in [0.3, 0.4) is 0 Å². The minimum absolute atomic E-state index is 0.0204. The van der Waals surface area contributed by atoms with Crippen LogP contribution in [0.2, 0.25) is 0 Å². The lowest BCUT2D eigenvalue weighted by molar-refractivity contribution is -0.167. The fourth-order valence-electron chi connectivity index (χ4n) is 3.99. The molecule has 2 aliphatic carbocycles. The van der Waals surface area contributed by atoms with Crippen LogP contribution in [0.15, 0.2) is 0 Å². The Labute approximate surface area is 110 Å². The molecule has 0 aromatic carbocycles. The molecule has 0 aromatic heterocycles. The fraction of sp³-hybridized carbons (Fsp3) is 0.933. The minimum atomic E-state index is -0.333. The molecule has 0 N–H and O–H groups in total. The number of hydrogen-bond acceptors (Lipinski definition) is 3. The van der Waals surface area contributed by atoms with E-state index in [0.717, 1.165) is 32.3 Å². The summed E-state index contributed by atoms with van der Waals surface area (Å²) in [7, 11) is 1.52. The average molecular weight is 254 g/mol. The molecule has 0 aromatic rings. The first kappa shape index (κ1) is 13.9. The van der Waals surface area contributed by atoms with E-state index in [1.165, 1.54) is 32.8 Å². The Hall–Kier alpha value is -0.570. The summed E-state index contributed by atoms with van der Waals surface area (Å²) in [5.41, 5.74) is -0.333. The molecule has 2 unspecified atom stereocenters. The van der Waals surface area contributed by atoms with Gasteiger partial charge in [0, 0.05) is 6.61 Å². The molecule has 0 amide bonds. The summed E-state index contributed by atoms with van der Waals surface area (Å²) in [4.78, 5) is 12.4. The molecule has 3 nitrogen and oxygen atoms in total. The van der Waals surface area contributed by atoms with Gasteiger partial charge in [-0.25, -0.2) is 0 Å². The number of hydrogen-bond donors (Lipinski definition) is 0. The smallest absolute Gasteiger partial charge is 0.314 e. The summed E-state index contributed by atoms with van der Waals surface area (Å²) in [6.45, 7) is 2.88. The van der Waals surface area contributed by atoms with Gasteiger partial charge in [0.25, 0.3) is 0 Å². The highest BCUT2D eigenvalue weighted by Gasteiger charge is 2.55. The lowest BCUT2D eigenvalue weighted by Crippen LogP contribution is -2.46. The second-order valence-corrected chi connectivity index (χ2v) is 5.76. The number of carbonyl (C=O) groups excluding carboxylic acids is 1. The van der Waals surface area contributed by atoms with E-state index >= 15 is 0 Å². The first-order chi connectivity index (χ1) is 8.75. The molecule has 3 heteroatoms. The quantitative estimate of drug-likeness (QED) is 0.706. The van der Waals surface area contributed by atoms with Crippen molar-refractivity contribution in [1.82, 2.24) is 0 Å².